The minimum Gasteiger partial charge on any atom is -0.492 e. The van der Waals surface area contributed by atoms with Crippen LogP contribution in [0.4, 0.5) is 5.95 Å². The highest BCUT2D eigenvalue weighted by atomic mass is 16.5. The Balaban J connectivity index is 1.91. The summed E-state index contributed by atoms with van der Waals surface area (Å²) < 4.78 is 7.67. The molecule has 0 bridgehead atoms. The Hall–Kier alpha value is -2.49. The molecule has 0 amide bonds. The van der Waals surface area contributed by atoms with Gasteiger partial charge < -0.3 is 15.0 Å². The third-order valence-electron chi connectivity index (χ3n) is 3.54. The Kier molecular flexibility index (Phi) is 3.77. The van der Waals surface area contributed by atoms with Crippen LogP contribution in [-0.4, -0.2) is 16.2 Å². The molecule has 0 saturated heterocycles. The molecule has 0 fully saturated rings. The number of ether oxygens (including phenoxy) is 1. The second kappa shape index (κ2) is 5.87. The summed E-state index contributed by atoms with van der Waals surface area (Å²) in [6.07, 6.45) is 0.926. The fraction of sp³-hybridized carbons (Fsp3) is 0.235. The maximum atomic E-state index is 6.08. The van der Waals surface area contributed by atoms with Crippen molar-refractivity contribution in [2.24, 2.45) is 0 Å². The van der Waals surface area contributed by atoms with Gasteiger partial charge >= 0.3 is 0 Å². The zero-order valence-corrected chi connectivity index (χ0v) is 12.1. The number of para-hydroxylation sites is 1. The van der Waals surface area contributed by atoms with E-state index < -0.39 is 0 Å². The number of imidazole rings is 1. The Morgan fingerprint density at radius 1 is 1.10 bits per heavy atom. The molecule has 0 aliphatic carbocycles. The van der Waals surface area contributed by atoms with Gasteiger partial charge in [0.15, 0.2) is 0 Å². The normalized spacial score (nSPS) is 10.9. The Bertz CT molecular complexity index is 734. The molecule has 2 N–H and O–H groups in total. The molecule has 3 aromatic rings. The molecule has 108 valence electrons. The van der Waals surface area contributed by atoms with E-state index in [0.29, 0.717) is 12.6 Å². The molecule has 21 heavy (non-hydrogen) atoms. The molecule has 0 atom stereocenters. The molecule has 3 rings (SSSR count). The number of nitrogens with two attached hydrogens (primary N) is 1. The van der Waals surface area contributed by atoms with E-state index in [-0.39, 0.29) is 0 Å². The predicted octanol–water partition coefficient (Wildman–Crippen LogP) is 3.26. The molecule has 2 aromatic carbocycles. The lowest BCUT2D eigenvalue weighted by molar-refractivity contribution is 0.343. The quantitative estimate of drug-likeness (QED) is 0.781. The van der Waals surface area contributed by atoms with Gasteiger partial charge in [-0.2, -0.15) is 0 Å². The minimum atomic E-state index is 0.535. The summed E-state index contributed by atoms with van der Waals surface area (Å²) in [6, 6.07) is 16.3. The molecule has 1 heterocycles. The number of hydrogen-bond donors (Lipinski definition) is 1. The predicted molar refractivity (Wildman–Crippen MR) is 85.5 cm³/mol. The number of anilines is 1. The number of aryl methyl sites for hydroxylation is 2. The third kappa shape index (κ3) is 2.70. The topological polar surface area (TPSA) is 53.1 Å². The van der Waals surface area contributed by atoms with Gasteiger partial charge in [-0.1, -0.05) is 36.4 Å². The molecular weight excluding hydrogens is 262 g/mol. The molecule has 4 heteroatoms. The first kappa shape index (κ1) is 13.5. The van der Waals surface area contributed by atoms with Crippen molar-refractivity contribution in [2.45, 2.75) is 19.9 Å². The number of aromatic nitrogens is 2. The van der Waals surface area contributed by atoms with Crippen LogP contribution in [0.2, 0.25) is 0 Å². The largest absolute Gasteiger partial charge is 0.492 e. The van der Waals surface area contributed by atoms with Gasteiger partial charge in [-0.3, -0.25) is 0 Å². The van der Waals surface area contributed by atoms with E-state index in [1.807, 2.05) is 35.8 Å². The fourth-order valence-corrected chi connectivity index (χ4v) is 2.53. The van der Waals surface area contributed by atoms with E-state index in [9.17, 15) is 0 Å². The van der Waals surface area contributed by atoms with Crippen LogP contribution in [0.15, 0.2) is 48.5 Å². The standard InChI is InChI=1S/C17H19N3O/c1-2-21-15-10-6-9-14-16(15)19-17(18)20(14)12-11-13-7-4-3-5-8-13/h3-10H,2,11-12H2,1H3,(H2,18,19). The highest BCUT2D eigenvalue weighted by Gasteiger charge is 2.12. The summed E-state index contributed by atoms with van der Waals surface area (Å²) in [5.41, 5.74) is 9.23. The zero-order chi connectivity index (χ0) is 14.7. The van der Waals surface area contributed by atoms with Crippen molar-refractivity contribution in [3.8, 4) is 5.75 Å². The third-order valence-corrected chi connectivity index (χ3v) is 3.54. The Morgan fingerprint density at radius 3 is 2.67 bits per heavy atom. The van der Waals surface area contributed by atoms with Crippen molar-refractivity contribution in [2.75, 3.05) is 12.3 Å². The number of fused-ring (bicyclic) bond motifs is 1. The summed E-state index contributed by atoms with van der Waals surface area (Å²) in [6.45, 7) is 3.40. The lowest BCUT2D eigenvalue weighted by Gasteiger charge is -2.07. The van der Waals surface area contributed by atoms with Gasteiger partial charge in [0, 0.05) is 6.54 Å². The molecule has 0 aliphatic rings. The van der Waals surface area contributed by atoms with Crippen LogP contribution < -0.4 is 10.5 Å². The van der Waals surface area contributed by atoms with Gasteiger partial charge in [0.25, 0.3) is 0 Å². The Labute approximate surface area is 124 Å². The van der Waals surface area contributed by atoms with Crippen molar-refractivity contribution in [3.63, 3.8) is 0 Å². The number of nitrogens with zero attached hydrogens (tertiary/aromatic N) is 2. The SMILES string of the molecule is CCOc1cccc2c1nc(N)n2CCc1ccccc1. The monoisotopic (exact) mass is 281 g/mol. The van der Waals surface area contributed by atoms with Gasteiger partial charge in [0.05, 0.1) is 12.1 Å². The molecule has 0 radical (unpaired) electrons. The van der Waals surface area contributed by atoms with E-state index in [2.05, 4.69) is 29.2 Å². The van der Waals surface area contributed by atoms with Crippen LogP contribution in [-0.2, 0) is 13.0 Å². The molecule has 0 aliphatic heterocycles. The van der Waals surface area contributed by atoms with Crippen LogP contribution in [0, 0.1) is 0 Å². The lowest BCUT2D eigenvalue weighted by atomic mass is 10.1. The van der Waals surface area contributed by atoms with Crippen molar-refractivity contribution in [3.05, 3.63) is 54.1 Å². The van der Waals surface area contributed by atoms with Crippen LogP contribution in [0.1, 0.15) is 12.5 Å². The van der Waals surface area contributed by atoms with Crippen molar-refractivity contribution in [1.82, 2.24) is 9.55 Å². The summed E-state index contributed by atoms with van der Waals surface area (Å²) >= 11 is 0. The second-order valence-corrected chi connectivity index (χ2v) is 4.91. The van der Waals surface area contributed by atoms with E-state index in [1.54, 1.807) is 0 Å². The summed E-state index contributed by atoms with van der Waals surface area (Å²) in [4.78, 5) is 4.46. The van der Waals surface area contributed by atoms with Crippen molar-refractivity contribution < 1.29 is 4.74 Å². The van der Waals surface area contributed by atoms with E-state index in [4.69, 9.17) is 10.5 Å². The highest BCUT2D eigenvalue weighted by molar-refractivity contribution is 5.84. The van der Waals surface area contributed by atoms with Gasteiger partial charge in [-0.05, 0) is 31.0 Å². The van der Waals surface area contributed by atoms with Crippen molar-refractivity contribution >= 4 is 17.0 Å². The van der Waals surface area contributed by atoms with Gasteiger partial charge in [0.2, 0.25) is 5.95 Å². The molecule has 0 unspecified atom stereocenters. The number of nitrogen functional groups attached to an aromatic ring is 1. The molecule has 0 spiro atoms. The average molecular weight is 281 g/mol. The number of benzene rings is 2. The van der Waals surface area contributed by atoms with E-state index in [1.165, 1.54) is 5.56 Å². The molecule has 0 saturated carbocycles. The Morgan fingerprint density at radius 2 is 1.90 bits per heavy atom. The summed E-state index contributed by atoms with van der Waals surface area (Å²) in [5, 5.41) is 0. The minimum absolute atomic E-state index is 0.535. The smallest absolute Gasteiger partial charge is 0.201 e. The van der Waals surface area contributed by atoms with Gasteiger partial charge in [-0.15, -0.1) is 0 Å². The van der Waals surface area contributed by atoms with Crippen molar-refractivity contribution in [1.29, 1.82) is 0 Å². The first-order valence-electron chi connectivity index (χ1n) is 7.21. The van der Waals surface area contributed by atoms with Crippen LogP contribution >= 0.6 is 0 Å². The first-order valence-corrected chi connectivity index (χ1v) is 7.21. The van der Waals surface area contributed by atoms with Gasteiger partial charge in [0.1, 0.15) is 11.3 Å². The number of hydrogen-bond acceptors (Lipinski definition) is 3. The van der Waals surface area contributed by atoms with Gasteiger partial charge in [-0.25, -0.2) is 4.98 Å². The summed E-state index contributed by atoms with van der Waals surface area (Å²) in [7, 11) is 0. The highest BCUT2D eigenvalue weighted by Crippen LogP contribution is 2.27. The van der Waals surface area contributed by atoms with Crippen LogP contribution in [0.3, 0.4) is 0 Å². The lowest BCUT2D eigenvalue weighted by Crippen LogP contribution is -2.05. The number of rotatable bonds is 5. The second-order valence-electron chi connectivity index (χ2n) is 4.91. The van der Waals surface area contributed by atoms with E-state index in [0.717, 1.165) is 29.7 Å². The first-order chi connectivity index (χ1) is 10.3. The maximum Gasteiger partial charge on any atom is 0.201 e. The van der Waals surface area contributed by atoms with Crippen LogP contribution in [0.25, 0.3) is 11.0 Å². The molecule has 1 aromatic heterocycles. The maximum absolute atomic E-state index is 6.08. The summed E-state index contributed by atoms with van der Waals surface area (Å²) in [5.74, 6) is 1.33. The molecular formula is C17H19N3O. The van der Waals surface area contributed by atoms with Crippen LogP contribution in [0.5, 0.6) is 5.75 Å². The molecule has 4 nitrogen and oxygen atoms in total. The van der Waals surface area contributed by atoms with E-state index >= 15 is 0 Å². The fourth-order valence-electron chi connectivity index (χ4n) is 2.53. The zero-order valence-electron chi connectivity index (χ0n) is 12.1. The average Bonchev–Trinajstić information content (AvgIpc) is 2.83.